The van der Waals surface area contributed by atoms with Crippen LogP contribution in [-0.4, -0.2) is 37.4 Å². The fourth-order valence-corrected chi connectivity index (χ4v) is 4.72. The van der Waals surface area contributed by atoms with Gasteiger partial charge in [-0.2, -0.15) is 0 Å². The molecule has 1 aliphatic rings. The Labute approximate surface area is 199 Å². The lowest BCUT2D eigenvalue weighted by atomic mass is 9.89. The van der Waals surface area contributed by atoms with Crippen LogP contribution in [0.3, 0.4) is 0 Å². The van der Waals surface area contributed by atoms with Crippen molar-refractivity contribution < 1.29 is 18.3 Å². The van der Waals surface area contributed by atoms with Crippen LogP contribution in [0.2, 0.25) is 0 Å². The van der Waals surface area contributed by atoms with Crippen LogP contribution in [0, 0.1) is 11.7 Å². The number of hydrogen-bond donors (Lipinski definition) is 0. The molecule has 6 heteroatoms. The molecule has 4 rings (SSSR count). The van der Waals surface area contributed by atoms with Gasteiger partial charge in [-0.1, -0.05) is 12.8 Å². The summed E-state index contributed by atoms with van der Waals surface area (Å²) >= 11 is 0. The normalized spacial score (nSPS) is 15.0. The molecular formula is C28H32FNO4. The molecule has 3 aromatic rings. The van der Waals surface area contributed by atoms with Crippen molar-refractivity contribution >= 4 is 16.8 Å². The van der Waals surface area contributed by atoms with Crippen LogP contribution in [-0.2, 0) is 6.42 Å². The van der Waals surface area contributed by atoms with E-state index in [1.165, 1.54) is 12.1 Å². The fraction of sp³-hybridized carbons (Fsp3) is 0.429. The maximum Gasteiger partial charge on any atom is 0.195 e. The number of carbonyl (C=O) groups is 1. The Kier molecular flexibility index (Phi) is 8.12. The molecule has 0 unspecified atom stereocenters. The number of piperidine rings is 1. The molecule has 0 spiro atoms. The van der Waals surface area contributed by atoms with E-state index in [0.717, 1.165) is 58.2 Å². The maximum atomic E-state index is 13.1. The molecule has 0 amide bonds. The molecule has 180 valence electrons. The molecule has 2 heterocycles. The minimum atomic E-state index is -0.312. The summed E-state index contributed by atoms with van der Waals surface area (Å²) in [5.41, 5.74) is 1.93. The number of nitrogens with zero attached hydrogens (tertiary/aromatic N) is 1. The average Bonchev–Trinajstić information content (AvgIpc) is 2.87. The highest BCUT2D eigenvalue weighted by Crippen LogP contribution is 2.23. The monoisotopic (exact) mass is 465 g/mol. The molecule has 2 aromatic carbocycles. The molecular weight excluding hydrogens is 433 g/mol. The van der Waals surface area contributed by atoms with Crippen LogP contribution in [0.4, 0.5) is 4.39 Å². The van der Waals surface area contributed by atoms with Gasteiger partial charge in [0.15, 0.2) is 11.2 Å². The molecule has 34 heavy (non-hydrogen) atoms. The first-order valence-corrected chi connectivity index (χ1v) is 12.2. The Bertz CT molecular complexity index is 1160. The SMILES string of the molecule is COc1ccc2occ(CCCCCCN3CCC(C(=O)c4ccc(F)cc4)CC3)c(=O)c2c1. The average molecular weight is 466 g/mol. The largest absolute Gasteiger partial charge is 0.497 e. The number of methoxy groups -OCH3 is 1. The van der Waals surface area contributed by atoms with E-state index in [9.17, 15) is 14.0 Å². The Balaban J connectivity index is 1.15. The van der Waals surface area contributed by atoms with Crippen molar-refractivity contribution in [1.82, 2.24) is 4.90 Å². The van der Waals surface area contributed by atoms with Crippen molar-refractivity contribution in [2.45, 2.75) is 44.9 Å². The zero-order chi connectivity index (χ0) is 23.9. The first-order valence-electron chi connectivity index (χ1n) is 12.2. The van der Waals surface area contributed by atoms with Gasteiger partial charge in [-0.05, 0) is 94.2 Å². The van der Waals surface area contributed by atoms with Gasteiger partial charge in [0.05, 0.1) is 18.8 Å². The van der Waals surface area contributed by atoms with Gasteiger partial charge in [-0.25, -0.2) is 4.39 Å². The topological polar surface area (TPSA) is 59.8 Å². The number of ether oxygens (including phenoxy) is 1. The van der Waals surface area contributed by atoms with Gasteiger partial charge in [-0.15, -0.1) is 0 Å². The van der Waals surface area contributed by atoms with E-state index in [0.29, 0.717) is 34.3 Å². The highest BCUT2D eigenvalue weighted by atomic mass is 19.1. The molecule has 0 radical (unpaired) electrons. The van der Waals surface area contributed by atoms with Crippen LogP contribution < -0.4 is 10.2 Å². The predicted octanol–water partition coefficient (Wildman–Crippen LogP) is 5.64. The number of ketones is 1. The second-order valence-electron chi connectivity index (χ2n) is 9.10. The first kappa shape index (κ1) is 24.1. The van der Waals surface area contributed by atoms with Crippen molar-refractivity contribution in [3.63, 3.8) is 0 Å². The summed E-state index contributed by atoms with van der Waals surface area (Å²) in [5, 5.41) is 0.568. The van der Waals surface area contributed by atoms with Crippen molar-refractivity contribution in [3.05, 3.63) is 75.9 Å². The van der Waals surface area contributed by atoms with E-state index >= 15 is 0 Å². The molecule has 1 aromatic heterocycles. The van der Waals surface area contributed by atoms with E-state index in [2.05, 4.69) is 4.90 Å². The zero-order valence-corrected chi connectivity index (χ0v) is 19.7. The number of likely N-dealkylation sites (tertiary alicyclic amines) is 1. The zero-order valence-electron chi connectivity index (χ0n) is 19.7. The summed E-state index contributed by atoms with van der Waals surface area (Å²) in [5.74, 6) is 0.514. The quantitative estimate of drug-likeness (QED) is 0.287. The van der Waals surface area contributed by atoms with Gasteiger partial charge in [0.25, 0.3) is 0 Å². The summed E-state index contributed by atoms with van der Waals surface area (Å²) in [6.45, 7) is 2.90. The molecule has 1 aliphatic heterocycles. The third kappa shape index (κ3) is 5.92. The van der Waals surface area contributed by atoms with Crippen LogP contribution in [0.25, 0.3) is 11.0 Å². The van der Waals surface area contributed by atoms with Crippen molar-refractivity contribution in [3.8, 4) is 5.75 Å². The molecule has 5 nitrogen and oxygen atoms in total. The van der Waals surface area contributed by atoms with Crippen LogP contribution in [0.1, 0.15) is 54.4 Å². The summed E-state index contributed by atoms with van der Waals surface area (Å²) in [6.07, 6.45) is 8.27. The predicted molar refractivity (Wildman–Crippen MR) is 131 cm³/mol. The van der Waals surface area contributed by atoms with Gasteiger partial charge >= 0.3 is 0 Å². The van der Waals surface area contributed by atoms with Gasteiger partial charge < -0.3 is 14.1 Å². The van der Waals surface area contributed by atoms with E-state index in [1.54, 1.807) is 43.7 Å². The van der Waals surface area contributed by atoms with E-state index in [1.807, 2.05) is 0 Å². The Morgan fingerprint density at radius 3 is 2.53 bits per heavy atom. The fourth-order valence-electron chi connectivity index (χ4n) is 4.72. The summed E-state index contributed by atoms with van der Waals surface area (Å²) in [4.78, 5) is 27.8. The number of hydrogen-bond acceptors (Lipinski definition) is 5. The number of halogens is 1. The van der Waals surface area contributed by atoms with Crippen molar-refractivity contribution in [2.24, 2.45) is 5.92 Å². The lowest BCUT2D eigenvalue weighted by Crippen LogP contribution is -2.36. The molecule has 0 N–H and O–H groups in total. The molecule has 0 bridgehead atoms. The number of benzene rings is 2. The van der Waals surface area contributed by atoms with Crippen molar-refractivity contribution in [1.29, 1.82) is 0 Å². The maximum absolute atomic E-state index is 13.1. The smallest absolute Gasteiger partial charge is 0.195 e. The third-order valence-corrected chi connectivity index (χ3v) is 6.81. The summed E-state index contributed by atoms with van der Waals surface area (Å²) in [7, 11) is 1.59. The van der Waals surface area contributed by atoms with E-state index in [-0.39, 0.29) is 22.9 Å². The van der Waals surface area contributed by atoms with Gasteiger partial charge in [0.1, 0.15) is 17.1 Å². The van der Waals surface area contributed by atoms with Gasteiger partial charge in [0, 0.05) is 17.0 Å². The standard InChI is InChI=1S/C28H32FNO4/c1-33-24-11-12-26-25(18-24)28(32)22(19-34-26)6-4-2-3-5-15-30-16-13-21(14-17-30)27(31)20-7-9-23(29)10-8-20/h7-12,18-19,21H,2-6,13-17H2,1H3. The minimum Gasteiger partial charge on any atom is -0.497 e. The number of fused-ring (bicyclic) bond motifs is 1. The Morgan fingerprint density at radius 2 is 1.79 bits per heavy atom. The Morgan fingerprint density at radius 1 is 1.06 bits per heavy atom. The van der Waals surface area contributed by atoms with Gasteiger partial charge in [-0.3, -0.25) is 9.59 Å². The minimum absolute atomic E-state index is 0.0261. The summed E-state index contributed by atoms with van der Waals surface area (Å²) < 4.78 is 23.9. The first-order chi connectivity index (χ1) is 16.5. The second kappa shape index (κ2) is 11.4. The highest BCUT2D eigenvalue weighted by molar-refractivity contribution is 5.97. The molecule has 0 atom stereocenters. The number of Topliss-reactive ketones (excluding diaryl/α,β-unsaturated/α-hetero) is 1. The molecule has 1 saturated heterocycles. The molecule has 1 fully saturated rings. The Hall–Kier alpha value is -2.99. The molecule has 0 saturated carbocycles. The van der Waals surface area contributed by atoms with E-state index in [4.69, 9.17) is 9.15 Å². The number of unbranched alkanes of at least 4 members (excludes halogenated alkanes) is 3. The van der Waals surface area contributed by atoms with Crippen LogP contribution in [0.5, 0.6) is 5.75 Å². The van der Waals surface area contributed by atoms with Crippen molar-refractivity contribution in [2.75, 3.05) is 26.7 Å². The van der Waals surface area contributed by atoms with Crippen LogP contribution in [0.15, 0.2) is 57.9 Å². The van der Waals surface area contributed by atoms with Crippen LogP contribution >= 0.6 is 0 Å². The highest BCUT2D eigenvalue weighted by Gasteiger charge is 2.25. The number of carbonyl (C=O) groups excluding carboxylic acids is 1. The summed E-state index contributed by atoms with van der Waals surface area (Å²) in [6, 6.07) is 11.2. The number of rotatable bonds is 10. The van der Waals surface area contributed by atoms with E-state index < -0.39 is 0 Å². The molecule has 0 aliphatic carbocycles. The number of aryl methyl sites for hydroxylation is 1. The lowest BCUT2D eigenvalue weighted by Gasteiger charge is -2.31. The van der Waals surface area contributed by atoms with Gasteiger partial charge in [0.2, 0.25) is 0 Å². The lowest BCUT2D eigenvalue weighted by molar-refractivity contribution is 0.0839. The second-order valence-corrected chi connectivity index (χ2v) is 9.10. The third-order valence-electron chi connectivity index (χ3n) is 6.81.